The van der Waals surface area contributed by atoms with E-state index in [1.807, 2.05) is 0 Å². The summed E-state index contributed by atoms with van der Waals surface area (Å²) in [5, 5.41) is 7.66. The number of rotatable bonds is 4. The summed E-state index contributed by atoms with van der Waals surface area (Å²) in [7, 11) is 0. The lowest BCUT2D eigenvalue weighted by Gasteiger charge is -2.29. The van der Waals surface area contributed by atoms with Gasteiger partial charge in [-0.2, -0.15) is 18.3 Å². The average Bonchev–Trinajstić information content (AvgIpc) is 3.26. The number of halogens is 4. The number of amides is 1. The molecule has 1 aromatic heterocycles. The van der Waals surface area contributed by atoms with Gasteiger partial charge >= 0.3 is 6.18 Å². The van der Waals surface area contributed by atoms with Crippen molar-refractivity contribution in [3.63, 3.8) is 0 Å². The summed E-state index contributed by atoms with van der Waals surface area (Å²) in [5.41, 5.74) is 2.93. The van der Waals surface area contributed by atoms with Crippen LogP contribution >= 0.6 is 11.6 Å². The van der Waals surface area contributed by atoms with Crippen LogP contribution in [0, 0.1) is 12.8 Å². The van der Waals surface area contributed by atoms with Crippen LogP contribution in [-0.2, 0) is 25.6 Å². The standard InChI is InChI=1S/C22H25ClF3N3O/c1-13-17-3-2-4-20(17)28-29(13)12-14-5-8-16(9-6-14)27-21(30)18-11-15(22(24,25)26)7-10-19(18)23/h7,10-11,14,16H,2-6,8-9,12H2,1H3,(H,27,30)/t14-,16-. The Balaban J connectivity index is 1.33. The molecule has 2 aliphatic rings. The monoisotopic (exact) mass is 439 g/mol. The summed E-state index contributed by atoms with van der Waals surface area (Å²) in [6.45, 7) is 3.03. The Bertz CT molecular complexity index is 946. The fourth-order valence-corrected chi connectivity index (χ4v) is 4.86. The quantitative estimate of drug-likeness (QED) is 0.698. The molecule has 0 unspecified atom stereocenters. The molecule has 0 bridgehead atoms. The Morgan fingerprint density at radius 2 is 1.97 bits per heavy atom. The minimum atomic E-state index is -4.51. The van der Waals surface area contributed by atoms with Crippen molar-refractivity contribution < 1.29 is 18.0 Å². The number of aryl methyl sites for hydroxylation is 1. The molecule has 30 heavy (non-hydrogen) atoms. The number of aromatic nitrogens is 2. The Morgan fingerprint density at radius 1 is 1.23 bits per heavy atom. The van der Waals surface area contributed by atoms with Gasteiger partial charge in [-0.25, -0.2) is 0 Å². The van der Waals surface area contributed by atoms with Gasteiger partial charge in [0.1, 0.15) is 0 Å². The van der Waals surface area contributed by atoms with Gasteiger partial charge in [0.25, 0.3) is 5.91 Å². The van der Waals surface area contributed by atoms with E-state index in [9.17, 15) is 18.0 Å². The van der Waals surface area contributed by atoms with Crippen LogP contribution in [0.4, 0.5) is 13.2 Å². The highest BCUT2D eigenvalue weighted by Crippen LogP contribution is 2.33. The van der Waals surface area contributed by atoms with Gasteiger partial charge in [-0.3, -0.25) is 9.48 Å². The maximum absolute atomic E-state index is 12.9. The SMILES string of the molecule is Cc1c2c(nn1C[C@H]1CC[C@H](NC(=O)c3cc(C(F)(F)F)ccc3Cl)CC1)CCC2. The molecule has 1 saturated carbocycles. The van der Waals surface area contributed by atoms with Gasteiger partial charge < -0.3 is 5.32 Å². The number of hydrogen-bond donors (Lipinski definition) is 1. The van der Waals surface area contributed by atoms with Gasteiger partial charge in [-0.1, -0.05) is 11.6 Å². The summed E-state index contributed by atoms with van der Waals surface area (Å²) < 4.78 is 41.0. The van der Waals surface area contributed by atoms with Crippen molar-refractivity contribution in [3.8, 4) is 0 Å². The minimum absolute atomic E-state index is 0.0244. The molecule has 1 aromatic carbocycles. The number of fused-ring (bicyclic) bond motifs is 1. The molecule has 1 amide bonds. The van der Waals surface area contributed by atoms with Gasteiger partial charge in [0.15, 0.2) is 0 Å². The first-order valence-electron chi connectivity index (χ1n) is 10.4. The lowest BCUT2D eigenvalue weighted by molar-refractivity contribution is -0.137. The maximum atomic E-state index is 12.9. The van der Waals surface area contributed by atoms with Gasteiger partial charge in [-0.15, -0.1) is 0 Å². The molecule has 0 spiro atoms. The molecule has 1 heterocycles. The van der Waals surface area contributed by atoms with Crippen molar-refractivity contribution in [3.05, 3.63) is 51.3 Å². The molecule has 2 aromatic rings. The Kier molecular flexibility index (Phi) is 5.84. The number of alkyl halides is 3. The van der Waals surface area contributed by atoms with Crippen LogP contribution in [0.1, 0.15) is 65.0 Å². The molecule has 162 valence electrons. The van der Waals surface area contributed by atoms with Crippen LogP contribution in [0.3, 0.4) is 0 Å². The molecule has 1 N–H and O–H groups in total. The number of nitrogens with zero attached hydrogens (tertiary/aromatic N) is 2. The highest BCUT2D eigenvalue weighted by molar-refractivity contribution is 6.33. The highest BCUT2D eigenvalue weighted by atomic mass is 35.5. The van der Waals surface area contributed by atoms with Crippen LogP contribution in [0.5, 0.6) is 0 Å². The van der Waals surface area contributed by atoms with Crippen LogP contribution < -0.4 is 5.32 Å². The van der Waals surface area contributed by atoms with Crippen molar-refractivity contribution in [2.45, 2.75) is 70.6 Å². The average molecular weight is 440 g/mol. The predicted molar refractivity (Wildman–Crippen MR) is 109 cm³/mol. The van der Waals surface area contributed by atoms with Crippen LogP contribution in [-0.4, -0.2) is 21.7 Å². The fourth-order valence-electron chi connectivity index (χ4n) is 4.65. The van der Waals surface area contributed by atoms with Crippen molar-refractivity contribution in [1.29, 1.82) is 0 Å². The normalized spacial score (nSPS) is 21.5. The third-order valence-corrected chi connectivity index (χ3v) is 6.74. The van der Waals surface area contributed by atoms with E-state index in [1.54, 1.807) is 0 Å². The molecular weight excluding hydrogens is 415 g/mol. The maximum Gasteiger partial charge on any atom is 0.416 e. The number of carbonyl (C=O) groups excluding carboxylic acids is 1. The van der Waals surface area contributed by atoms with E-state index in [0.717, 1.165) is 63.3 Å². The van der Waals surface area contributed by atoms with E-state index in [0.29, 0.717) is 5.92 Å². The first-order chi connectivity index (χ1) is 14.2. The molecule has 1 fully saturated rings. The minimum Gasteiger partial charge on any atom is -0.349 e. The van der Waals surface area contributed by atoms with E-state index in [1.165, 1.54) is 23.4 Å². The molecule has 2 aliphatic carbocycles. The van der Waals surface area contributed by atoms with Crippen molar-refractivity contribution >= 4 is 17.5 Å². The number of carbonyl (C=O) groups is 1. The van der Waals surface area contributed by atoms with E-state index >= 15 is 0 Å². The van der Waals surface area contributed by atoms with Crippen molar-refractivity contribution in [2.75, 3.05) is 0 Å². The number of hydrogen-bond acceptors (Lipinski definition) is 2. The molecule has 0 radical (unpaired) electrons. The molecule has 0 aliphatic heterocycles. The second kappa shape index (κ2) is 8.25. The van der Waals surface area contributed by atoms with Gasteiger partial charge in [0.05, 0.1) is 21.8 Å². The lowest BCUT2D eigenvalue weighted by Crippen LogP contribution is -2.38. The number of nitrogens with one attached hydrogen (secondary N) is 1. The van der Waals surface area contributed by atoms with E-state index < -0.39 is 17.6 Å². The Hall–Kier alpha value is -2.02. The topological polar surface area (TPSA) is 46.9 Å². The summed E-state index contributed by atoms with van der Waals surface area (Å²) in [4.78, 5) is 12.5. The summed E-state index contributed by atoms with van der Waals surface area (Å²) >= 11 is 5.98. The van der Waals surface area contributed by atoms with E-state index in [2.05, 4.69) is 16.9 Å². The summed E-state index contributed by atoms with van der Waals surface area (Å²) in [6.07, 6.45) is 2.37. The zero-order valence-electron chi connectivity index (χ0n) is 16.9. The summed E-state index contributed by atoms with van der Waals surface area (Å²) in [5.74, 6) is -0.0529. The Labute approximate surface area is 178 Å². The zero-order chi connectivity index (χ0) is 21.5. The molecule has 4 nitrogen and oxygen atoms in total. The van der Waals surface area contributed by atoms with Gasteiger partial charge in [0, 0.05) is 18.3 Å². The molecule has 8 heteroatoms. The predicted octanol–water partition coefficient (Wildman–Crippen LogP) is 5.34. The molecular formula is C22H25ClF3N3O. The van der Waals surface area contributed by atoms with Crippen LogP contribution in [0.15, 0.2) is 18.2 Å². The van der Waals surface area contributed by atoms with E-state index in [4.69, 9.17) is 16.7 Å². The molecule has 4 rings (SSSR count). The second-order valence-electron chi connectivity index (χ2n) is 8.43. The Morgan fingerprint density at radius 3 is 2.63 bits per heavy atom. The van der Waals surface area contributed by atoms with Crippen LogP contribution in [0.2, 0.25) is 5.02 Å². The first-order valence-corrected chi connectivity index (χ1v) is 10.8. The fraction of sp³-hybridized carbons (Fsp3) is 0.545. The van der Waals surface area contributed by atoms with Crippen molar-refractivity contribution in [1.82, 2.24) is 15.1 Å². The smallest absolute Gasteiger partial charge is 0.349 e. The summed E-state index contributed by atoms with van der Waals surface area (Å²) in [6, 6.07) is 2.78. The zero-order valence-corrected chi connectivity index (χ0v) is 17.6. The van der Waals surface area contributed by atoms with Crippen molar-refractivity contribution in [2.24, 2.45) is 5.92 Å². The highest BCUT2D eigenvalue weighted by Gasteiger charge is 2.32. The van der Waals surface area contributed by atoms with Crippen LogP contribution in [0.25, 0.3) is 0 Å². The number of benzene rings is 1. The van der Waals surface area contributed by atoms with Gasteiger partial charge in [-0.05, 0) is 81.5 Å². The third kappa shape index (κ3) is 4.36. The van der Waals surface area contributed by atoms with E-state index in [-0.39, 0.29) is 16.6 Å². The largest absolute Gasteiger partial charge is 0.416 e. The molecule has 0 saturated heterocycles. The van der Waals surface area contributed by atoms with Gasteiger partial charge in [0.2, 0.25) is 0 Å². The molecule has 0 atom stereocenters. The second-order valence-corrected chi connectivity index (χ2v) is 8.84. The lowest BCUT2D eigenvalue weighted by atomic mass is 9.86. The first kappa shape index (κ1) is 21.2. The third-order valence-electron chi connectivity index (χ3n) is 6.41.